The maximum absolute atomic E-state index is 13.2. The van der Waals surface area contributed by atoms with Crippen molar-refractivity contribution in [2.75, 3.05) is 5.32 Å². The van der Waals surface area contributed by atoms with Gasteiger partial charge in [0.2, 0.25) is 0 Å². The summed E-state index contributed by atoms with van der Waals surface area (Å²) in [6.07, 6.45) is 2.95. The third kappa shape index (κ3) is 4.74. The zero-order chi connectivity index (χ0) is 22.0. The number of anilines is 1. The van der Waals surface area contributed by atoms with Gasteiger partial charge in [0.25, 0.3) is 11.5 Å². The molecule has 0 saturated heterocycles. The Hall–Kier alpha value is -2.87. The average Bonchev–Trinajstić information content (AvgIpc) is 3.08. The summed E-state index contributed by atoms with van der Waals surface area (Å²) in [7, 11) is 0. The second kappa shape index (κ2) is 9.09. The molecule has 0 unspecified atom stereocenters. The summed E-state index contributed by atoms with van der Waals surface area (Å²) in [4.78, 5) is 30.0. The highest BCUT2D eigenvalue weighted by Crippen LogP contribution is 2.19. The van der Waals surface area contributed by atoms with Gasteiger partial charge in [-0.05, 0) is 48.0 Å². The van der Waals surface area contributed by atoms with E-state index >= 15 is 0 Å². The summed E-state index contributed by atoms with van der Waals surface area (Å²) >= 11 is 15.5. The number of pyridine rings is 1. The molecule has 1 N–H and O–H groups in total. The van der Waals surface area contributed by atoms with Crippen LogP contribution in [0.4, 0.5) is 5.69 Å². The molecular formula is C22H15BrCl2N4O2. The average molecular weight is 518 g/mol. The number of hydrogen-bond acceptors (Lipinski definition) is 3. The number of aromatic nitrogens is 3. The highest BCUT2D eigenvalue weighted by molar-refractivity contribution is 9.10. The Morgan fingerprint density at radius 3 is 2.45 bits per heavy atom. The third-order valence-corrected chi connectivity index (χ3v) is 5.67. The molecule has 0 saturated carbocycles. The van der Waals surface area contributed by atoms with E-state index in [1.165, 1.54) is 17.1 Å². The molecule has 0 aliphatic heterocycles. The van der Waals surface area contributed by atoms with Gasteiger partial charge >= 0.3 is 0 Å². The molecule has 156 valence electrons. The van der Waals surface area contributed by atoms with Crippen molar-refractivity contribution in [3.8, 4) is 5.69 Å². The molecule has 6 nitrogen and oxygen atoms in total. The number of rotatable bonds is 5. The van der Waals surface area contributed by atoms with Crippen molar-refractivity contribution in [2.45, 2.75) is 6.54 Å². The minimum Gasteiger partial charge on any atom is -0.320 e. The van der Waals surface area contributed by atoms with Gasteiger partial charge in [-0.15, -0.1) is 0 Å². The quantitative estimate of drug-likeness (QED) is 0.360. The summed E-state index contributed by atoms with van der Waals surface area (Å²) in [6, 6.07) is 17.8. The van der Waals surface area contributed by atoms with Crippen molar-refractivity contribution in [2.24, 2.45) is 0 Å². The molecule has 0 fully saturated rings. The minimum atomic E-state index is -0.544. The highest BCUT2D eigenvalue weighted by Gasteiger charge is 2.20. The van der Waals surface area contributed by atoms with Crippen molar-refractivity contribution in [3.63, 3.8) is 0 Å². The number of benzene rings is 2. The number of hydrogen-bond donors (Lipinski definition) is 1. The normalized spacial score (nSPS) is 10.8. The van der Waals surface area contributed by atoms with Crippen molar-refractivity contribution in [3.05, 3.63) is 109 Å². The van der Waals surface area contributed by atoms with Gasteiger partial charge in [0.15, 0.2) is 0 Å². The fourth-order valence-electron chi connectivity index (χ4n) is 3.06. The molecular weight excluding hydrogens is 503 g/mol. The zero-order valence-corrected chi connectivity index (χ0v) is 19.0. The minimum absolute atomic E-state index is 0.00933. The van der Waals surface area contributed by atoms with Crippen LogP contribution in [0.2, 0.25) is 10.2 Å². The van der Waals surface area contributed by atoms with Crippen LogP contribution in [0.1, 0.15) is 15.9 Å². The molecule has 31 heavy (non-hydrogen) atoms. The predicted molar refractivity (Wildman–Crippen MR) is 125 cm³/mol. The van der Waals surface area contributed by atoms with Crippen LogP contribution in [0.3, 0.4) is 0 Å². The molecule has 1 amide bonds. The third-order valence-electron chi connectivity index (χ3n) is 4.55. The smallest absolute Gasteiger partial charge is 0.284 e. The standard InChI is InChI=1S/C22H15BrCl2N4O2/c23-15-5-8-17(9-6-15)29-22(31)18(21(30)27-16-7-10-20(25)26-11-16)13-28(29)12-14-3-1-2-4-19(14)24/h1-11,13H,12H2,(H,27,30). The van der Waals surface area contributed by atoms with Gasteiger partial charge in [0.05, 0.1) is 24.1 Å². The Balaban J connectivity index is 1.76. The van der Waals surface area contributed by atoms with Crippen LogP contribution >= 0.6 is 39.1 Å². The highest BCUT2D eigenvalue weighted by atomic mass is 79.9. The van der Waals surface area contributed by atoms with Crippen molar-refractivity contribution in [1.82, 2.24) is 14.3 Å². The Bertz CT molecular complexity index is 1300. The molecule has 9 heteroatoms. The molecule has 0 radical (unpaired) electrons. The van der Waals surface area contributed by atoms with Gasteiger partial charge in [0.1, 0.15) is 10.7 Å². The molecule has 4 rings (SSSR count). The van der Waals surface area contributed by atoms with Crippen LogP contribution in [0, 0.1) is 0 Å². The molecule has 2 heterocycles. The summed E-state index contributed by atoms with van der Waals surface area (Å²) in [5.41, 5.74) is 1.41. The lowest BCUT2D eigenvalue weighted by molar-refractivity contribution is 0.102. The lowest BCUT2D eigenvalue weighted by Gasteiger charge is -2.12. The molecule has 2 aromatic carbocycles. The fourth-order valence-corrected chi connectivity index (χ4v) is 3.63. The molecule has 0 spiro atoms. The van der Waals surface area contributed by atoms with E-state index in [0.717, 1.165) is 10.0 Å². The zero-order valence-electron chi connectivity index (χ0n) is 15.9. The fraction of sp³-hybridized carbons (Fsp3) is 0.0455. The number of carbonyl (C=O) groups is 1. The topological polar surface area (TPSA) is 68.9 Å². The Morgan fingerprint density at radius 1 is 1.03 bits per heavy atom. The first-order chi connectivity index (χ1) is 14.9. The van der Waals surface area contributed by atoms with Gasteiger partial charge in [-0.2, -0.15) is 0 Å². The SMILES string of the molecule is O=C(Nc1ccc(Cl)nc1)c1cn(Cc2ccccc2Cl)n(-c2ccc(Br)cc2)c1=O. The van der Waals surface area contributed by atoms with E-state index in [1.807, 2.05) is 30.3 Å². The second-order valence-corrected chi connectivity index (χ2v) is 8.36. The predicted octanol–water partition coefficient (Wildman–Crippen LogP) is 5.40. The van der Waals surface area contributed by atoms with Crippen molar-refractivity contribution in [1.29, 1.82) is 0 Å². The van der Waals surface area contributed by atoms with Crippen LogP contribution in [0.25, 0.3) is 5.69 Å². The largest absolute Gasteiger partial charge is 0.320 e. The number of nitrogens with one attached hydrogen (secondary N) is 1. The van der Waals surface area contributed by atoms with Crippen LogP contribution in [-0.4, -0.2) is 20.3 Å². The van der Waals surface area contributed by atoms with Crippen molar-refractivity contribution < 1.29 is 4.79 Å². The first-order valence-corrected chi connectivity index (χ1v) is 10.7. The van der Waals surface area contributed by atoms with E-state index in [1.54, 1.807) is 35.0 Å². The summed E-state index contributed by atoms with van der Waals surface area (Å²) < 4.78 is 3.99. The molecule has 0 bridgehead atoms. The molecule has 0 atom stereocenters. The van der Waals surface area contributed by atoms with Gasteiger partial charge in [0, 0.05) is 15.7 Å². The van der Waals surface area contributed by atoms with Gasteiger partial charge in [-0.3, -0.25) is 14.3 Å². The molecule has 4 aromatic rings. The molecule has 0 aliphatic rings. The van der Waals surface area contributed by atoms with E-state index < -0.39 is 11.5 Å². The van der Waals surface area contributed by atoms with E-state index in [2.05, 4.69) is 26.2 Å². The summed E-state index contributed by atoms with van der Waals surface area (Å²) in [6.45, 7) is 0.306. The van der Waals surface area contributed by atoms with Gasteiger partial charge < -0.3 is 5.32 Å². The van der Waals surface area contributed by atoms with E-state index in [-0.39, 0.29) is 5.56 Å². The van der Waals surface area contributed by atoms with Gasteiger partial charge in [-0.1, -0.05) is 57.3 Å². The number of nitrogens with zero attached hydrogens (tertiary/aromatic N) is 3. The van der Waals surface area contributed by atoms with E-state index in [4.69, 9.17) is 23.2 Å². The Kier molecular flexibility index (Phi) is 6.27. The number of halogens is 3. The molecule has 2 aromatic heterocycles. The number of carbonyl (C=O) groups excluding carboxylic acids is 1. The van der Waals surface area contributed by atoms with Gasteiger partial charge in [-0.25, -0.2) is 9.67 Å². The van der Waals surface area contributed by atoms with Crippen LogP contribution < -0.4 is 10.9 Å². The Labute approximate surface area is 196 Å². The summed E-state index contributed by atoms with van der Waals surface area (Å²) in [5, 5.41) is 3.56. The second-order valence-electron chi connectivity index (χ2n) is 6.65. The number of amides is 1. The first-order valence-electron chi connectivity index (χ1n) is 9.17. The lowest BCUT2D eigenvalue weighted by Crippen LogP contribution is -2.26. The Morgan fingerprint density at radius 2 is 1.77 bits per heavy atom. The van der Waals surface area contributed by atoms with Crippen LogP contribution in [0.15, 0.2) is 82.3 Å². The van der Waals surface area contributed by atoms with Crippen molar-refractivity contribution >= 4 is 50.7 Å². The van der Waals surface area contributed by atoms with E-state index in [9.17, 15) is 9.59 Å². The first kappa shape index (κ1) is 21.4. The van der Waals surface area contributed by atoms with Crippen LogP contribution in [0.5, 0.6) is 0 Å². The van der Waals surface area contributed by atoms with E-state index in [0.29, 0.717) is 28.1 Å². The lowest BCUT2D eigenvalue weighted by atomic mass is 10.2. The molecule has 0 aliphatic carbocycles. The maximum atomic E-state index is 13.2. The monoisotopic (exact) mass is 516 g/mol. The maximum Gasteiger partial charge on any atom is 0.284 e. The summed E-state index contributed by atoms with van der Waals surface area (Å²) in [5.74, 6) is -0.544. The van der Waals surface area contributed by atoms with Crippen LogP contribution in [-0.2, 0) is 6.54 Å².